The van der Waals surface area contributed by atoms with Gasteiger partial charge in [0.15, 0.2) is 11.5 Å². The van der Waals surface area contributed by atoms with Crippen molar-refractivity contribution in [3.05, 3.63) is 71.2 Å². The third-order valence-corrected chi connectivity index (χ3v) is 5.57. The van der Waals surface area contributed by atoms with E-state index >= 15 is 0 Å². The summed E-state index contributed by atoms with van der Waals surface area (Å²) in [6.07, 6.45) is 0.662. The number of carbonyl (C=O) groups excluding carboxylic acids is 1. The Balaban J connectivity index is 1.49. The standard InChI is InChI=1S/C26H29N5O4/c1-16(2)22-15-21(26-29-28-17(3)35-26)30-31(22)20-8-6-7-19(14-20)25(32)27-12-11-18-9-10-23(33-4)24(13-18)34-5/h6-10,13-16H,11-12H2,1-5H3,(H,27,32). The van der Waals surface area contributed by atoms with Gasteiger partial charge in [0.05, 0.1) is 19.9 Å². The second-order valence-corrected chi connectivity index (χ2v) is 8.39. The molecule has 35 heavy (non-hydrogen) atoms. The van der Waals surface area contributed by atoms with Crippen molar-refractivity contribution in [2.24, 2.45) is 0 Å². The minimum Gasteiger partial charge on any atom is -0.493 e. The molecule has 2 heterocycles. The summed E-state index contributed by atoms with van der Waals surface area (Å²) < 4.78 is 18.0. The molecule has 0 atom stereocenters. The lowest BCUT2D eigenvalue weighted by Gasteiger charge is -2.12. The van der Waals surface area contributed by atoms with E-state index in [0.29, 0.717) is 47.5 Å². The molecule has 9 heteroatoms. The number of rotatable bonds is 9. The monoisotopic (exact) mass is 475 g/mol. The van der Waals surface area contributed by atoms with Gasteiger partial charge in [-0.15, -0.1) is 10.2 Å². The second kappa shape index (κ2) is 10.4. The average molecular weight is 476 g/mol. The zero-order valence-electron chi connectivity index (χ0n) is 20.5. The molecule has 0 radical (unpaired) electrons. The Morgan fingerprint density at radius 2 is 1.86 bits per heavy atom. The lowest BCUT2D eigenvalue weighted by atomic mass is 10.1. The van der Waals surface area contributed by atoms with Crippen molar-refractivity contribution in [1.29, 1.82) is 0 Å². The van der Waals surface area contributed by atoms with E-state index in [1.807, 2.05) is 47.1 Å². The first kappa shape index (κ1) is 24.0. The topological polar surface area (TPSA) is 104 Å². The highest BCUT2D eigenvalue weighted by Crippen LogP contribution is 2.28. The van der Waals surface area contributed by atoms with Crippen molar-refractivity contribution in [3.8, 4) is 28.8 Å². The molecule has 0 unspecified atom stereocenters. The minimum absolute atomic E-state index is 0.154. The quantitative estimate of drug-likeness (QED) is 0.384. The Kier molecular flexibility index (Phi) is 7.14. The van der Waals surface area contributed by atoms with Crippen LogP contribution in [-0.2, 0) is 6.42 Å². The highest BCUT2D eigenvalue weighted by atomic mass is 16.5. The number of carbonyl (C=O) groups is 1. The van der Waals surface area contributed by atoms with Crippen molar-refractivity contribution >= 4 is 5.91 Å². The molecule has 0 aliphatic heterocycles. The maximum absolute atomic E-state index is 12.9. The van der Waals surface area contributed by atoms with Gasteiger partial charge in [0.1, 0.15) is 5.69 Å². The molecule has 2 aromatic heterocycles. The molecular formula is C26H29N5O4. The molecular weight excluding hydrogens is 446 g/mol. The smallest absolute Gasteiger partial charge is 0.268 e. The van der Waals surface area contributed by atoms with Crippen LogP contribution in [-0.4, -0.2) is 46.6 Å². The summed E-state index contributed by atoms with van der Waals surface area (Å²) in [5.41, 5.74) is 3.94. The van der Waals surface area contributed by atoms with Crippen molar-refractivity contribution < 1.29 is 18.7 Å². The number of amides is 1. The maximum Gasteiger partial charge on any atom is 0.268 e. The summed E-state index contributed by atoms with van der Waals surface area (Å²) in [7, 11) is 3.21. The minimum atomic E-state index is -0.154. The van der Waals surface area contributed by atoms with Crippen molar-refractivity contribution in [2.45, 2.75) is 33.1 Å². The number of benzene rings is 2. The molecule has 0 spiro atoms. The van der Waals surface area contributed by atoms with Gasteiger partial charge in [-0.1, -0.05) is 26.0 Å². The summed E-state index contributed by atoms with van der Waals surface area (Å²) in [4.78, 5) is 12.9. The van der Waals surface area contributed by atoms with Crippen LogP contribution in [0.25, 0.3) is 17.3 Å². The van der Waals surface area contributed by atoms with E-state index in [1.165, 1.54) is 0 Å². The van der Waals surface area contributed by atoms with Gasteiger partial charge in [0.25, 0.3) is 11.8 Å². The molecule has 9 nitrogen and oxygen atoms in total. The number of ether oxygens (including phenoxy) is 2. The van der Waals surface area contributed by atoms with Crippen molar-refractivity contribution in [1.82, 2.24) is 25.3 Å². The molecule has 0 aliphatic carbocycles. The van der Waals surface area contributed by atoms with Gasteiger partial charge in [-0.05, 0) is 54.3 Å². The molecule has 4 aromatic rings. The Hall–Kier alpha value is -4.14. The molecule has 0 aliphatic rings. The van der Waals surface area contributed by atoms with Crippen LogP contribution in [0.4, 0.5) is 0 Å². The number of hydrogen-bond acceptors (Lipinski definition) is 7. The Labute approximate surface area is 204 Å². The summed E-state index contributed by atoms with van der Waals surface area (Å²) in [5, 5.41) is 15.6. The maximum atomic E-state index is 12.9. The lowest BCUT2D eigenvalue weighted by molar-refractivity contribution is 0.0954. The normalized spacial score (nSPS) is 11.0. The van der Waals surface area contributed by atoms with E-state index < -0.39 is 0 Å². The molecule has 1 amide bonds. The molecule has 0 fully saturated rings. The van der Waals surface area contributed by atoms with E-state index in [9.17, 15) is 4.79 Å². The lowest BCUT2D eigenvalue weighted by Crippen LogP contribution is -2.25. The fourth-order valence-electron chi connectivity index (χ4n) is 3.76. The van der Waals surface area contributed by atoms with Gasteiger partial charge in [0, 0.05) is 24.7 Å². The Bertz CT molecular complexity index is 1330. The van der Waals surface area contributed by atoms with Gasteiger partial charge >= 0.3 is 0 Å². The Morgan fingerprint density at radius 1 is 1.06 bits per heavy atom. The third kappa shape index (κ3) is 5.34. The SMILES string of the molecule is COc1ccc(CCNC(=O)c2cccc(-n3nc(-c4nnc(C)o4)cc3C(C)C)c2)cc1OC. The first-order valence-electron chi connectivity index (χ1n) is 11.4. The number of aryl methyl sites for hydroxylation is 1. The van der Waals surface area contributed by atoms with Crippen LogP contribution in [0.15, 0.2) is 52.9 Å². The van der Waals surface area contributed by atoms with Gasteiger partial charge < -0.3 is 19.2 Å². The van der Waals surface area contributed by atoms with Gasteiger partial charge in [-0.3, -0.25) is 4.79 Å². The number of nitrogens with zero attached hydrogens (tertiary/aromatic N) is 4. The van der Waals surface area contributed by atoms with Crippen LogP contribution >= 0.6 is 0 Å². The molecule has 0 bridgehead atoms. The van der Waals surface area contributed by atoms with E-state index in [2.05, 4.69) is 34.5 Å². The van der Waals surface area contributed by atoms with E-state index in [1.54, 1.807) is 27.2 Å². The predicted molar refractivity (Wildman–Crippen MR) is 131 cm³/mol. The van der Waals surface area contributed by atoms with Gasteiger partial charge in [-0.2, -0.15) is 5.10 Å². The largest absolute Gasteiger partial charge is 0.493 e. The van der Waals surface area contributed by atoms with E-state index in [0.717, 1.165) is 16.9 Å². The molecule has 1 N–H and O–H groups in total. The molecule has 2 aromatic carbocycles. The molecule has 182 valence electrons. The van der Waals surface area contributed by atoms with Crippen LogP contribution in [0.1, 0.15) is 47.3 Å². The first-order valence-corrected chi connectivity index (χ1v) is 11.4. The highest BCUT2D eigenvalue weighted by Gasteiger charge is 2.18. The van der Waals surface area contributed by atoms with Crippen LogP contribution in [0.5, 0.6) is 11.5 Å². The van der Waals surface area contributed by atoms with Crippen LogP contribution in [0.2, 0.25) is 0 Å². The summed E-state index contributed by atoms with van der Waals surface area (Å²) in [6, 6.07) is 15.1. The molecule has 4 rings (SSSR count). The number of aromatic nitrogens is 4. The van der Waals surface area contributed by atoms with Crippen molar-refractivity contribution in [2.75, 3.05) is 20.8 Å². The number of methoxy groups -OCH3 is 2. The fraction of sp³-hybridized carbons (Fsp3) is 0.308. The molecule has 0 saturated carbocycles. The summed E-state index contributed by atoms with van der Waals surface area (Å²) >= 11 is 0. The van der Waals surface area contributed by atoms with Crippen molar-refractivity contribution in [3.63, 3.8) is 0 Å². The fourth-order valence-corrected chi connectivity index (χ4v) is 3.76. The third-order valence-electron chi connectivity index (χ3n) is 5.57. The number of nitrogens with one attached hydrogen (secondary N) is 1. The van der Waals surface area contributed by atoms with E-state index in [-0.39, 0.29) is 11.8 Å². The zero-order valence-corrected chi connectivity index (χ0v) is 20.5. The van der Waals surface area contributed by atoms with E-state index in [4.69, 9.17) is 13.9 Å². The first-order chi connectivity index (χ1) is 16.9. The average Bonchev–Trinajstić information content (AvgIpc) is 3.50. The van der Waals surface area contributed by atoms with Crippen LogP contribution < -0.4 is 14.8 Å². The summed E-state index contributed by atoms with van der Waals surface area (Å²) in [5.74, 6) is 2.23. The second-order valence-electron chi connectivity index (χ2n) is 8.39. The molecule has 0 saturated heterocycles. The van der Waals surface area contributed by atoms with Crippen LogP contribution in [0, 0.1) is 6.92 Å². The predicted octanol–water partition coefficient (Wildman–Crippen LogP) is 4.34. The van der Waals surface area contributed by atoms with Crippen LogP contribution in [0.3, 0.4) is 0 Å². The zero-order chi connectivity index (χ0) is 24.9. The van der Waals surface area contributed by atoms with Gasteiger partial charge in [0.2, 0.25) is 5.89 Å². The Morgan fingerprint density at radius 3 is 2.54 bits per heavy atom. The van der Waals surface area contributed by atoms with Gasteiger partial charge in [-0.25, -0.2) is 4.68 Å². The highest BCUT2D eigenvalue weighted by molar-refractivity contribution is 5.94. The summed E-state index contributed by atoms with van der Waals surface area (Å²) in [6.45, 7) is 6.39. The number of hydrogen-bond donors (Lipinski definition) is 1.